The van der Waals surface area contributed by atoms with Crippen LogP contribution in [0, 0.1) is 0 Å². The second kappa shape index (κ2) is 5.69. The maximum absolute atomic E-state index is 12.1. The van der Waals surface area contributed by atoms with Crippen LogP contribution >= 0.6 is 11.8 Å². The average Bonchev–Trinajstić information content (AvgIpc) is 2.66. The number of nitrogens with two attached hydrogens (primary N) is 1. The highest BCUT2D eigenvalue weighted by molar-refractivity contribution is 7.99. The third kappa shape index (κ3) is 3.85. The van der Waals surface area contributed by atoms with Crippen molar-refractivity contribution in [3.8, 4) is 0 Å². The van der Waals surface area contributed by atoms with Crippen LogP contribution in [0.15, 0.2) is 29.2 Å². The van der Waals surface area contributed by atoms with Crippen LogP contribution in [0.5, 0.6) is 0 Å². The van der Waals surface area contributed by atoms with E-state index in [4.69, 9.17) is 5.73 Å². The summed E-state index contributed by atoms with van der Waals surface area (Å²) in [4.78, 5) is 0.591. The summed E-state index contributed by atoms with van der Waals surface area (Å²) in [5.74, 6) is -2.36. The fraction of sp³-hybridized carbons (Fsp3) is 0.500. The molecule has 1 aliphatic carbocycles. The van der Waals surface area contributed by atoms with Gasteiger partial charge < -0.3 is 11.1 Å². The Labute approximate surface area is 104 Å². The highest BCUT2D eigenvalue weighted by atomic mass is 32.2. The van der Waals surface area contributed by atoms with Crippen molar-refractivity contribution < 1.29 is 8.78 Å². The molecule has 1 aliphatic rings. The summed E-state index contributed by atoms with van der Waals surface area (Å²) in [6.45, 7) is 0. The molecule has 5 heteroatoms. The predicted molar refractivity (Wildman–Crippen MR) is 67.5 cm³/mol. The van der Waals surface area contributed by atoms with Crippen LogP contribution in [0.2, 0.25) is 0 Å². The topological polar surface area (TPSA) is 38.0 Å². The van der Waals surface area contributed by atoms with Crippen molar-refractivity contribution in [1.82, 2.24) is 0 Å². The van der Waals surface area contributed by atoms with Gasteiger partial charge in [0.15, 0.2) is 0 Å². The zero-order valence-electron chi connectivity index (χ0n) is 9.40. The Hall–Kier alpha value is -0.810. The molecule has 0 radical (unpaired) electrons. The molecule has 1 aromatic carbocycles. The standard InChI is InChI=1S/C12H16F2N2S/c13-12(14)17-11-5-3-9(4-6-11)16-10-2-1-8(15)7-10/h3-6,8,10,12,16H,1-2,7,15H2. The highest BCUT2D eigenvalue weighted by Gasteiger charge is 2.21. The van der Waals surface area contributed by atoms with Gasteiger partial charge in [-0.05, 0) is 43.5 Å². The fourth-order valence-corrected chi connectivity index (χ4v) is 2.61. The molecule has 0 aliphatic heterocycles. The molecule has 1 saturated carbocycles. The second-order valence-electron chi connectivity index (χ2n) is 4.32. The van der Waals surface area contributed by atoms with Crippen molar-refractivity contribution >= 4 is 17.4 Å². The summed E-state index contributed by atoms with van der Waals surface area (Å²) in [7, 11) is 0. The van der Waals surface area contributed by atoms with Crippen molar-refractivity contribution in [1.29, 1.82) is 0 Å². The van der Waals surface area contributed by atoms with Crippen LogP contribution in [0.1, 0.15) is 19.3 Å². The van der Waals surface area contributed by atoms with E-state index in [1.165, 1.54) is 0 Å². The fourth-order valence-electron chi connectivity index (χ4n) is 2.12. The largest absolute Gasteiger partial charge is 0.382 e. The summed E-state index contributed by atoms with van der Waals surface area (Å²) in [5.41, 5.74) is 6.81. The van der Waals surface area contributed by atoms with Crippen LogP contribution in [-0.2, 0) is 0 Å². The lowest BCUT2D eigenvalue weighted by atomic mass is 10.2. The van der Waals surface area contributed by atoms with E-state index >= 15 is 0 Å². The smallest absolute Gasteiger partial charge is 0.288 e. The van der Waals surface area contributed by atoms with E-state index in [2.05, 4.69) is 5.32 Å². The van der Waals surface area contributed by atoms with Crippen LogP contribution in [0.3, 0.4) is 0 Å². The maximum Gasteiger partial charge on any atom is 0.288 e. The van der Waals surface area contributed by atoms with E-state index < -0.39 is 5.76 Å². The van der Waals surface area contributed by atoms with Crippen LogP contribution < -0.4 is 11.1 Å². The minimum absolute atomic E-state index is 0.293. The van der Waals surface area contributed by atoms with Crippen LogP contribution in [-0.4, -0.2) is 17.8 Å². The molecule has 17 heavy (non-hydrogen) atoms. The van der Waals surface area contributed by atoms with E-state index in [-0.39, 0.29) is 0 Å². The number of hydrogen-bond donors (Lipinski definition) is 2. The van der Waals surface area contributed by atoms with E-state index in [1.54, 1.807) is 12.1 Å². The molecule has 2 rings (SSSR count). The minimum atomic E-state index is -2.36. The minimum Gasteiger partial charge on any atom is -0.382 e. The molecule has 0 spiro atoms. The number of benzene rings is 1. The molecule has 3 N–H and O–H groups in total. The molecule has 0 heterocycles. The van der Waals surface area contributed by atoms with Crippen molar-refractivity contribution in [3.63, 3.8) is 0 Å². The van der Waals surface area contributed by atoms with Gasteiger partial charge >= 0.3 is 0 Å². The predicted octanol–water partition coefficient (Wildman–Crippen LogP) is 3.29. The lowest BCUT2D eigenvalue weighted by Crippen LogP contribution is -2.20. The Bertz CT molecular complexity index is 356. The van der Waals surface area contributed by atoms with Gasteiger partial charge in [-0.1, -0.05) is 11.8 Å². The normalized spacial score (nSPS) is 24.2. The molecule has 2 nitrogen and oxygen atoms in total. The quantitative estimate of drug-likeness (QED) is 0.814. The van der Waals surface area contributed by atoms with E-state index in [1.807, 2.05) is 12.1 Å². The number of alkyl halides is 2. The number of nitrogens with one attached hydrogen (secondary N) is 1. The molecule has 1 aromatic rings. The van der Waals surface area contributed by atoms with Gasteiger partial charge in [-0.25, -0.2) is 0 Å². The first-order valence-electron chi connectivity index (χ1n) is 5.70. The van der Waals surface area contributed by atoms with Gasteiger partial charge in [0, 0.05) is 22.7 Å². The van der Waals surface area contributed by atoms with Crippen LogP contribution in [0.25, 0.3) is 0 Å². The third-order valence-corrected chi connectivity index (χ3v) is 3.65. The Morgan fingerprint density at radius 1 is 1.24 bits per heavy atom. The molecule has 0 amide bonds. The van der Waals surface area contributed by atoms with Gasteiger partial charge in [-0.15, -0.1) is 0 Å². The Morgan fingerprint density at radius 2 is 1.94 bits per heavy atom. The Kier molecular flexibility index (Phi) is 4.23. The lowest BCUT2D eigenvalue weighted by molar-refractivity contribution is 0.252. The molecule has 0 saturated heterocycles. The monoisotopic (exact) mass is 258 g/mol. The summed E-state index contributed by atoms with van der Waals surface area (Å²) in [6.07, 6.45) is 3.11. The van der Waals surface area contributed by atoms with Gasteiger partial charge in [0.05, 0.1) is 0 Å². The van der Waals surface area contributed by atoms with Crippen LogP contribution in [0.4, 0.5) is 14.5 Å². The molecule has 94 valence electrons. The first-order chi connectivity index (χ1) is 8.13. The molecule has 0 bridgehead atoms. The van der Waals surface area contributed by atoms with Crippen molar-refractivity contribution in [2.45, 2.75) is 42.0 Å². The van der Waals surface area contributed by atoms with Gasteiger partial charge in [-0.3, -0.25) is 0 Å². The molecule has 2 atom stereocenters. The summed E-state index contributed by atoms with van der Waals surface area (Å²) in [6, 6.07) is 7.82. The SMILES string of the molecule is NC1CCC(Nc2ccc(SC(F)F)cc2)C1. The van der Waals surface area contributed by atoms with Gasteiger partial charge in [-0.2, -0.15) is 8.78 Å². The Balaban J connectivity index is 1.89. The number of thioether (sulfide) groups is 1. The number of anilines is 1. The molecule has 0 aromatic heterocycles. The molecular formula is C12H16F2N2S. The van der Waals surface area contributed by atoms with Gasteiger partial charge in [0.2, 0.25) is 0 Å². The average molecular weight is 258 g/mol. The first-order valence-corrected chi connectivity index (χ1v) is 6.58. The summed E-state index contributed by atoms with van der Waals surface area (Å²) >= 11 is 0.569. The zero-order chi connectivity index (χ0) is 12.3. The highest BCUT2D eigenvalue weighted by Crippen LogP contribution is 2.27. The third-order valence-electron chi connectivity index (χ3n) is 2.92. The first kappa shape index (κ1) is 12.6. The van der Waals surface area contributed by atoms with Gasteiger partial charge in [0.25, 0.3) is 5.76 Å². The Morgan fingerprint density at radius 3 is 2.47 bits per heavy atom. The van der Waals surface area contributed by atoms with E-state index in [0.29, 0.717) is 28.7 Å². The summed E-state index contributed by atoms with van der Waals surface area (Å²) in [5, 5.41) is 3.38. The zero-order valence-corrected chi connectivity index (χ0v) is 10.2. The number of halogens is 2. The van der Waals surface area contributed by atoms with Crippen molar-refractivity contribution in [2.24, 2.45) is 5.73 Å². The summed E-state index contributed by atoms with van der Waals surface area (Å²) < 4.78 is 24.3. The molecular weight excluding hydrogens is 242 g/mol. The number of hydrogen-bond acceptors (Lipinski definition) is 3. The lowest BCUT2D eigenvalue weighted by Gasteiger charge is -2.14. The number of rotatable bonds is 4. The molecule has 2 unspecified atom stereocenters. The maximum atomic E-state index is 12.1. The molecule has 1 fully saturated rings. The van der Waals surface area contributed by atoms with Gasteiger partial charge in [0.1, 0.15) is 0 Å². The van der Waals surface area contributed by atoms with E-state index in [0.717, 1.165) is 24.9 Å². The van der Waals surface area contributed by atoms with Crippen molar-refractivity contribution in [3.05, 3.63) is 24.3 Å². The second-order valence-corrected chi connectivity index (χ2v) is 5.38. The van der Waals surface area contributed by atoms with Crippen molar-refractivity contribution in [2.75, 3.05) is 5.32 Å². The van der Waals surface area contributed by atoms with E-state index in [9.17, 15) is 8.78 Å².